The fourth-order valence-corrected chi connectivity index (χ4v) is 2.98. The van der Waals surface area contributed by atoms with E-state index >= 15 is 0 Å². The van der Waals surface area contributed by atoms with Crippen molar-refractivity contribution in [3.05, 3.63) is 12.5 Å². The molecule has 0 aromatic carbocycles. The lowest BCUT2D eigenvalue weighted by Crippen LogP contribution is -2.49. The van der Waals surface area contributed by atoms with Crippen LogP contribution in [0.3, 0.4) is 0 Å². The lowest BCUT2D eigenvalue weighted by molar-refractivity contribution is -0.136. The van der Waals surface area contributed by atoms with E-state index in [4.69, 9.17) is 4.74 Å². The van der Waals surface area contributed by atoms with Gasteiger partial charge in [0.1, 0.15) is 0 Å². The van der Waals surface area contributed by atoms with Gasteiger partial charge in [-0.1, -0.05) is 0 Å². The summed E-state index contributed by atoms with van der Waals surface area (Å²) in [4.78, 5) is 16.7. The molecule has 0 spiro atoms. The van der Waals surface area contributed by atoms with E-state index < -0.39 is 10.0 Å². The van der Waals surface area contributed by atoms with Crippen LogP contribution in [0.25, 0.3) is 0 Å². The Bertz CT molecular complexity index is 583. The summed E-state index contributed by atoms with van der Waals surface area (Å²) < 4.78 is 33.4. The standard InChI is InChI=1S/C11H18N4O4S/c1-9(16)15-3-4-19-10(6-15)5-13-20(17,18)11-7-14(2)8-12-11/h7-8,10,13H,3-6H2,1-2H3/t10-/m1/s1. The number of aromatic nitrogens is 2. The molecule has 2 rings (SSSR count). The second-order valence-corrected chi connectivity index (χ2v) is 6.40. The first-order valence-corrected chi connectivity index (χ1v) is 7.71. The summed E-state index contributed by atoms with van der Waals surface area (Å²) in [7, 11) is -1.95. The smallest absolute Gasteiger partial charge is 0.259 e. The highest BCUT2D eigenvalue weighted by atomic mass is 32.2. The predicted octanol–water partition coefficient (Wildman–Crippen LogP) is -1.05. The number of nitrogens with zero attached hydrogens (tertiary/aromatic N) is 3. The normalized spacial score (nSPS) is 20.1. The van der Waals surface area contributed by atoms with Crippen LogP contribution in [-0.4, -0.2) is 61.1 Å². The summed E-state index contributed by atoms with van der Waals surface area (Å²) in [5.41, 5.74) is 0. The molecule has 1 aromatic heterocycles. The molecule has 0 aliphatic carbocycles. The molecule has 9 heteroatoms. The van der Waals surface area contributed by atoms with Gasteiger partial charge in [0.15, 0.2) is 5.03 Å². The van der Waals surface area contributed by atoms with Gasteiger partial charge in [0.05, 0.1) is 19.0 Å². The van der Waals surface area contributed by atoms with Crippen LogP contribution in [0, 0.1) is 0 Å². The first kappa shape index (κ1) is 14.9. The molecule has 8 nitrogen and oxygen atoms in total. The Morgan fingerprint density at radius 2 is 2.35 bits per heavy atom. The fourth-order valence-electron chi connectivity index (χ4n) is 1.93. The number of ether oxygens (including phenoxy) is 1. The zero-order valence-corrected chi connectivity index (χ0v) is 12.3. The second kappa shape index (κ2) is 5.90. The van der Waals surface area contributed by atoms with Crippen molar-refractivity contribution in [2.24, 2.45) is 7.05 Å². The highest BCUT2D eigenvalue weighted by molar-refractivity contribution is 7.89. The lowest BCUT2D eigenvalue weighted by atomic mass is 10.3. The Morgan fingerprint density at radius 1 is 1.60 bits per heavy atom. The minimum atomic E-state index is -3.64. The maximum absolute atomic E-state index is 12.0. The Kier molecular flexibility index (Phi) is 4.41. The van der Waals surface area contributed by atoms with Crippen molar-refractivity contribution in [1.29, 1.82) is 0 Å². The van der Waals surface area contributed by atoms with Gasteiger partial charge < -0.3 is 14.2 Å². The van der Waals surface area contributed by atoms with Crippen LogP contribution in [0.2, 0.25) is 0 Å². The molecule has 0 radical (unpaired) electrons. The average Bonchev–Trinajstić information content (AvgIpc) is 2.84. The van der Waals surface area contributed by atoms with Crippen LogP contribution in [0.1, 0.15) is 6.92 Å². The van der Waals surface area contributed by atoms with Crippen molar-refractivity contribution in [1.82, 2.24) is 19.2 Å². The van der Waals surface area contributed by atoms with E-state index in [-0.39, 0.29) is 23.6 Å². The largest absolute Gasteiger partial charge is 0.373 e. The second-order valence-electron chi connectivity index (χ2n) is 4.69. The number of carbonyl (C=O) groups is 1. The minimum Gasteiger partial charge on any atom is -0.373 e. The van der Waals surface area contributed by atoms with Gasteiger partial charge in [-0.15, -0.1) is 0 Å². The van der Waals surface area contributed by atoms with E-state index in [9.17, 15) is 13.2 Å². The Balaban J connectivity index is 1.93. The van der Waals surface area contributed by atoms with E-state index in [0.717, 1.165) is 0 Å². The van der Waals surface area contributed by atoms with Crippen LogP contribution in [0.4, 0.5) is 0 Å². The first-order valence-electron chi connectivity index (χ1n) is 6.23. The molecule has 1 atom stereocenters. The number of morpholine rings is 1. The molecule has 1 N–H and O–H groups in total. The SMILES string of the molecule is CC(=O)N1CCO[C@H](CNS(=O)(=O)c2cn(C)cn2)C1. The van der Waals surface area contributed by atoms with E-state index in [1.807, 2.05) is 0 Å². The highest BCUT2D eigenvalue weighted by Crippen LogP contribution is 2.07. The molecule has 1 fully saturated rings. The Hall–Kier alpha value is -1.45. The molecular weight excluding hydrogens is 284 g/mol. The van der Waals surface area contributed by atoms with Crippen molar-refractivity contribution in [3.8, 4) is 0 Å². The lowest BCUT2D eigenvalue weighted by Gasteiger charge is -2.32. The molecule has 1 aromatic rings. The van der Waals surface area contributed by atoms with E-state index in [2.05, 4.69) is 9.71 Å². The summed E-state index contributed by atoms with van der Waals surface area (Å²) in [6, 6.07) is 0. The molecule has 20 heavy (non-hydrogen) atoms. The fraction of sp³-hybridized carbons (Fsp3) is 0.636. The Labute approximate surface area is 117 Å². The Morgan fingerprint density at radius 3 is 2.95 bits per heavy atom. The summed E-state index contributed by atoms with van der Waals surface area (Å²) in [6.45, 7) is 2.94. The van der Waals surface area contributed by atoms with Crippen molar-refractivity contribution in [2.45, 2.75) is 18.1 Å². The van der Waals surface area contributed by atoms with E-state index in [0.29, 0.717) is 19.7 Å². The quantitative estimate of drug-likeness (QED) is 0.765. The van der Waals surface area contributed by atoms with Crippen molar-refractivity contribution in [3.63, 3.8) is 0 Å². The number of nitrogens with one attached hydrogen (secondary N) is 1. The molecular formula is C11H18N4O4S. The molecule has 1 aliphatic heterocycles. The topological polar surface area (TPSA) is 93.5 Å². The first-order chi connectivity index (χ1) is 9.38. The van der Waals surface area contributed by atoms with Gasteiger partial charge in [-0.2, -0.15) is 0 Å². The summed E-state index contributed by atoms with van der Waals surface area (Å²) in [6.07, 6.45) is 2.50. The monoisotopic (exact) mass is 302 g/mol. The van der Waals surface area contributed by atoms with Gasteiger partial charge in [0, 0.05) is 39.8 Å². The average molecular weight is 302 g/mol. The molecule has 0 bridgehead atoms. The third-order valence-electron chi connectivity index (χ3n) is 3.04. The van der Waals surface area contributed by atoms with Crippen molar-refractivity contribution >= 4 is 15.9 Å². The zero-order chi connectivity index (χ0) is 14.8. The molecule has 0 saturated carbocycles. The summed E-state index contributed by atoms with van der Waals surface area (Å²) in [5.74, 6) is -0.0362. The highest BCUT2D eigenvalue weighted by Gasteiger charge is 2.25. The number of carbonyl (C=O) groups excluding carboxylic acids is 1. The number of hydrogen-bond acceptors (Lipinski definition) is 5. The number of imidazole rings is 1. The van der Waals surface area contributed by atoms with Crippen LogP contribution < -0.4 is 4.72 Å². The van der Waals surface area contributed by atoms with Crippen molar-refractivity contribution < 1.29 is 17.9 Å². The van der Waals surface area contributed by atoms with Crippen LogP contribution in [0.15, 0.2) is 17.6 Å². The predicted molar refractivity (Wildman–Crippen MR) is 70.4 cm³/mol. The number of amides is 1. The van der Waals surface area contributed by atoms with Crippen LogP contribution in [0.5, 0.6) is 0 Å². The third kappa shape index (κ3) is 3.56. The van der Waals surface area contributed by atoms with E-state index in [1.165, 1.54) is 19.4 Å². The van der Waals surface area contributed by atoms with Gasteiger partial charge in [-0.25, -0.2) is 18.1 Å². The minimum absolute atomic E-state index is 0.0285. The maximum Gasteiger partial charge on any atom is 0.259 e. The summed E-state index contributed by atoms with van der Waals surface area (Å²) in [5, 5.41) is -0.0285. The summed E-state index contributed by atoms with van der Waals surface area (Å²) >= 11 is 0. The molecule has 2 heterocycles. The maximum atomic E-state index is 12.0. The molecule has 112 valence electrons. The van der Waals surface area contributed by atoms with Crippen molar-refractivity contribution in [2.75, 3.05) is 26.2 Å². The third-order valence-corrected chi connectivity index (χ3v) is 4.35. The number of hydrogen-bond donors (Lipinski definition) is 1. The van der Waals surface area contributed by atoms with Gasteiger partial charge in [0.25, 0.3) is 10.0 Å². The molecule has 1 aliphatic rings. The van der Waals surface area contributed by atoms with Crippen LogP contribution in [-0.2, 0) is 26.6 Å². The number of sulfonamides is 1. The van der Waals surface area contributed by atoms with Crippen LogP contribution >= 0.6 is 0 Å². The van der Waals surface area contributed by atoms with Gasteiger partial charge >= 0.3 is 0 Å². The zero-order valence-electron chi connectivity index (χ0n) is 11.4. The van der Waals surface area contributed by atoms with Gasteiger partial charge in [-0.3, -0.25) is 4.79 Å². The van der Waals surface area contributed by atoms with Gasteiger partial charge in [-0.05, 0) is 0 Å². The number of aryl methyl sites for hydroxylation is 1. The molecule has 1 saturated heterocycles. The number of rotatable bonds is 4. The molecule has 1 amide bonds. The molecule has 0 unspecified atom stereocenters. The van der Waals surface area contributed by atoms with E-state index in [1.54, 1.807) is 16.5 Å². The van der Waals surface area contributed by atoms with Gasteiger partial charge in [0.2, 0.25) is 5.91 Å².